The summed E-state index contributed by atoms with van der Waals surface area (Å²) in [5.74, 6) is 1.11. The van der Waals surface area contributed by atoms with Gasteiger partial charge in [-0.3, -0.25) is 19.8 Å². The minimum absolute atomic E-state index is 0.0588. The smallest absolute Gasteiger partial charge is 0.321 e. The highest BCUT2D eigenvalue weighted by atomic mass is 32.1. The van der Waals surface area contributed by atoms with Gasteiger partial charge >= 0.3 is 6.03 Å². The topological polar surface area (TPSA) is 107 Å². The van der Waals surface area contributed by atoms with Crippen molar-refractivity contribution >= 4 is 33.5 Å². The molecule has 1 aliphatic carbocycles. The van der Waals surface area contributed by atoms with Crippen LogP contribution in [0.2, 0.25) is 0 Å². The highest BCUT2D eigenvalue weighted by molar-refractivity contribution is 7.17. The second-order valence-electron chi connectivity index (χ2n) is 8.25. The number of fused-ring (bicyclic) bond motifs is 1. The minimum atomic E-state index is -0.436. The number of urea groups is 1. The first-order valence-electron chi connectivity index (χ1n) is 10.7. The Labute approximate surface area is 180 Å². The van der Waals surface area contributed by atoms with E-state index in [-0.39, 0.29) is 24.1 Å². The molecule has 3 N–H and O–H groups in total. The number of rotatable bonds is 7. The molecule has 0 spiro atoms. The number of hydrogen-bond acceptors (Lipinski definition) is 6. The van der Waals surface area contributed by atoms with Crippen molar-refractivity contribution < 1.29 is 9.59 Å². The molecular formula is C21H31N5O3S. The number of amides is 3. The van der Waals surface area contributed by atoms with Crippen LogP contribution in [-0.4, -0.2) is 45.9 Å². The average molecular weight is 434 g/mol. The summed E-state index contributed by atoms with van der Waals surface area (Å²) in [6.07, 6.45) is 4.05. The molecule has 3 atom stereocenters. The van der Waals surface area contributed by atoms with E-state index in [0.29, 0.717) is 41.0 Å². The van der Waals surface area contributed by atoms with Crippen molar-refractivity contribution in [2.45, 2.75) is 59.0 Å². The van der Waals surface area contributed by atoms with Gasteiger partial charge in [0.05, 0.1) is 18.6 Å². The summed E-state index contributed by atoms with van der Waals surface area (Å²) in [5, 5.41) is 7.25. The van der Waals surface area contributed by atoms with Crippen LogP contribution in [0.1, 0.15) is 52.3 Å². The molecule has 3 amide bonds. The number of aromatic nitrogens is 2. The summed E-state index contributed by atoms with van der Waals surface area (Å²) in [7, 11) is 0. The number of nitrogens with one attached hydrogen (secondary N) is 3. The van der Waals surface area contributed by atoms with Gasteiger partial charge in [-0.25, -0.2) is 9.78 Å². The van der Waals surface area contributed by atoms with Crippen LogP contribution < -0.4 is 16.2 Å². The first-order chi connectivity index (χ1) is 14.4. The molecule has 1 aliphatic rings. The van der Waals surface area contributed by atoms with E-state index < -0.39 is 6.03 Å². The Kier molecular flexibility index (Phi) is 7.60. The van der Waals surface area contributed by atoms with E-state index in [4.69, 9.17) is 0 Å². The van der Waals surface area contributed by atoms with Crippen LogP contribution in [-0.2, 0) is 11.3 Å². The van der Waals surface area contributed by atoms with Gasteiger partial charge in [0.15, 0.2) is 0 Å². The number of hydrogen-bond donors (Lipinski definition) is 3. The molecular weight excluding hydrogens is 402 g/mol. The number of H-pyrrole nitrogens is 1. The zero-order chi connectivity index (χ0) is 21.7. The molecule has 9 heteroatoms. The van der Waals surface area contributed by atoms with Crippen LogP contribution >= 0.6 is 11.3 Å². The Hall–Kier alpha value is -2.26. The number of imide groups is 1. The van der Waals surface area contributed by atoms with Crippen molar-refractivity contribution in [2.24, 2.45) is 11.8 Å². The Balaban J connectivity index is 1.56. The zero-order valence-electron chi connectivity index (χ0n) is 17.9. The molecule has 1 fully saturated rings. The quantitative estimate of drug-likeness (QED) is 0.622. The molecule has 0 unspecified atom stereocenters. The van der Waals surface area contributed by atoms with E-state index in [0.717, 1.165) is 19.3 Å². The third kappa shape index (κ3) is 5.66. The van der Waals surface area contributed by atoms with Crippen molar-refractivity contribution in [3.63, 3.8) is 0 Å². The largest absolute Gasteiger partial charge is 0.335 e. The third-order valence-electron chi connectivity index (χ3n) is 5.92. The van der Waals surface area contributed by atoms with Gasteiger partial charge in [-0.2, -0.15) is 0 Å². The van der Waals surface area contributed by atoms with E-state index in [9.17, 15) is 14.4 Å². The first kappa shape index (κ1) is 22.4. The normalized spacial score (nSPS) is 21.7. The predicted molar refractivity (Wildman–Crippen MR) is 118 cm³/mol. The molecule has 0 saturated heterocycles. The summed E-state index contributed by atoms with van der Waals surface area (Å²) in [4.78, 5) is 46.1. The fraction of sp³-hybridized carbons (Fsp3) is 0.619. The number of carbonyl (C=O) groups excluding carboxylic acids is 2. The number of nitrogens with zero attached hydrogens (tertiary/aromatic N) is 2. The van der Waals surface area contributed by atoms with E-state index >= 15 is 0 Å². The molecule has 2 aromatic heterocycles. The van der Waals surface area contributed by atoms with Gasteiger partial charge in [0, 0.05) is 6.04 Å². The van der Waals surface area contributed by atoms with Gasteiger partial charge < -0.3 is 10.3 Å². The Morgan fingerprint density at radius 3 is 2.90 bits per heavy atom. The standard InChI is InChI=1S/C21H31N5O3S/c1-4-9-26(11-17-22-16-8-10-30-19(16)20(28)24-17)12-18(27)25-21(29)23-15-7-5-6-13(2)14(15)3/h8,10,13-15H,4-7,9,11-12H2,1-3H3,(H,22,24,28)(H2,23,25,27,29)/t13-,14+,15+/m0/s1. The molecule has 1 saturated carbocycles. The van der Waals surface area contributed by atoms with Crippen molar-refractivity contribution in [3.8, 4) is 0 Å². The maximum absolute atomic E-state index is 12.5. The summed E-state index contributed by atoms with van der Waals surface area (Å²) >= 11 is 1.36. The minimum Gasteiger partial charge on any atom is -0.335 e. The summed E-state index contributed by atoms with van der Waals surface area (Å²) in [6.45, 7) is 7.41. The van der Waals surface area contributed by atoms with Crippen LogP contribution in [0.4, 0.5) is 4.79 Å². The summed E-state index contributed by atoms with van der Waals surface area (Å²) in [6, 6.07) is 1.47. The molecule has 164 valence electrons. The van der Waals surface area contributed by atoms with Gasteiger partial charge in [-0.05, 0) is 42.7 Å². The zero-order valence-corrected chi connectivity index (χ0v) is 18.7. The average Bonchev–Trinajstić information content (AvgIpc) is 3.14. The van der Waals surface area contributed by atoms with Gasteiger partial charge in [0.2, 0.25) is 5.91 Å². The molecule has 3 rings (SSSR count). The lowest BCUT2D eigenvalue weighted by atomic mass is 9.78. The van der Waals surface area contributed by atoms with Gasteiger partial charge in [0.1, 0.15) is 10.5 Å². The second kappa shape index (κ2) is 10.2. The number of thiophene rings is 1. The Morgan fingerprint density at radius 1 is 1.33 bits per heavy atom. The maximum Gasteiger partial charge on any atom is 0.321 e. The van der Waals surface area contributed by atoms with Crippen LogP contribution in [0.15, 0.2) is 16.2 Å². The lowest BCUT2D eigenvalue weighted by Crippen LogP contribution is -2.51. The molecule has 8 nitrogen and oxygen atoms in total. The van der Waals surface area contributed by atoms with Crippen molar-refractivity contribution in [1.82, 2.24) is 25.5 Å². The molecule has 0 bridgehead atoms. The van der Waals surface area contributed by atoms with Crippen LogP contribution in [0.5, 0.6) is 0 Å². The van der Waals surface area contributed by atoms with E-state index in [1.165, 1.54) is 17.8 Å². The first-order valence-corrected chi connectivity index (χ1v) is 11.5. The predicted octanol–water partition coefficient (Wildman–Crippen LogP) is 2.85. The highest BCUT2D eigenvalue weighted by Gasteiger charge is 2.28. The Bertz CT molecular complexity index is 940. The fourth-order valence-corrected chi connectivity index (χ4v) is 4.82. The monoisotopic (exact) mass is 433 g/mol. The van der Waals surface area contributed by atoms with Crippen molar-refractivity contribution in [3.05, 3.63) is 27.6 Å². The molecule has 2 heterocycles. The molecule has 0 aromatic carbocycles. The van der Waals surface area contributed by atoms with Crippen LogP contribution in [0.3, 0.4) is 0 Å². The van der Waals surface area contributed by atoms with Gasteiger partial charge in [-0.1, -0.05) is 33.6 Å². The van der Waals surface area contributed by atoms with Crippen LogP contribution in [0, 0.1) is 11.8 Å². The highest BCUT2D eigenvalue weighted by Crippen LogP contribution is 2.29. The van der Waals surface area contributed by atoms with Gasteiger partial charge in [-0.15, -0.1) is 11.3 Å². The third-order valence-corrected chi connectivity index (χ3v) is 6.82. The fourth-order valence-electron chi connectivity index (χ4n) is 4.10. The second-order valence-corrected chi connectivity index (χ2v) is 9.17. The summed E-state index contributed by atoms with van der Waals surface area (Å²) < 4.78 is 0.599. The van der Waals surface area contributed by atoms with E-state index in [2.05, 4.69) is 34.4 Å². The number of aromatic amines is 1. The Morgan fingerprint density at radius 2 is 2.13 bits per heavy atom. The van der Waals surface area contributed by atoms with Crippen LogP contribution in [0.25, 0.3) is 10.2 Å². The van der Waals surface area contributed by atoms with E-state index in [1.807, 2.05) is 23.3 Å². The molecule has 2 aromatic rings. The lowest BCUT2D eigenvalue weighted by Gasteiger charge is -2.34. The molecule has 0 radical (unpaired) electrons. The lowest BCUT2D eigenvalue weighted by molar-refractivity contribution is -0.121. The molecule has 30 heavy (non-hydrogen) atoms. The molecule has 0 aliphatic heterocycles. The maximum atomic E-state index is 12.5. The number of carbonyl (C=O) groups is 2. The SMILES string of the molecule is CCCN(CC(=O)NC(=O)N[C@@H]1CCC[C@H](C)[C@H]1C)Cc1nc2ccsc2c(=O)[nH]1. The van der Waals surface area contributed by atoms with E-state index in [1.54, 1.807) is 0 Å². The summed E-state index contributed by atoms with van der Waals surface area (Å²) in [5.41, 5.74) is 0.496. The van der Waals surface area contributed by atoms with Crippen molar-refractivity contribution in [1.29, 1.82) is 0 Å². The van der Waals surface area contributed by atoms with Gasteiger partial charge in [0.25, 0.3) is 5.56 Å². The van der Waals surface area contributed by atoms with Crippen molar-refractivity contribution in [2.75, 3.05) is 13.1 Å².